The van der Waals surface area contributed by atoms with E-state index >= 15 is 0 Å². The molecule has 1 saturated heterocycles. The van der Waals surface area contributed by atoms with Crippen molar-refractivity contribution in [2.45, 2.75) is 33.2 Å². The maximum Gasteiger partial charge on any atom is 0.0206 e. The van der Waals surface area contributed by atoms with E-state index in [0.29, 0.717) is 0 Å². The molecule has 0 spiro atoms. The largest absolute Gasteiger partial charge is 0.311 e. The molecule has 94 valence electrons. The number of rotatable bonds is 5. The van der Waals surface area contributed by atoms with Crippen LogP contribution in [0, 0.1) is 13.8 Å². The maximum atomic E-state index is 3.53. The molecule has 1 aromatic rings. The van der Waals surface area contributed by atoms with Gasteiger partial charge < -0.3 is 10.2 Å². The van der Waals surface area contributed by atoms with Gasteiger partial charge in [-0.3, -0.25) is 0 Å². The average Bonchev–Trinajstić information content (AvgIpc) is 2.82. The molecule has 1 fully saturated rings. The number of aryl methyl sites for hydroxylation is 2. The summed E-state index contributed by atoms with van der Waals surface area (Å²) in [7, 11) is 0. The van der Waals surface area contributed by atoms with E-state index in [4.69, 9.17) is 0 Å². The topological polar surface area (TPSA) is 15.3 Å². The molecule has 2 rings (SSSR count). The lowest BCUT2D eigenvalue weighted by molar-refractivity contribution is 0.335. The molecular weight excluding hydrogens is 208 g/mol. The summed E-state index contributed by atoms with van der Waals surface area (Å²) in [5.74, 6) is 0. The Hall–Kier alpha value is -0.860. The van der Waals surface area contributed by atoms with E-state index in [9.17, 15) is 0 Å². The highest BCUT2D eigenvalue weighted by molar-refractivity contribution is 5.29. The molecule has 17 heavy (non-hydrogen) atoms. The second-order valence-corrected chi connectivity index (χ2v) is 5.14. The van der Waals surface area contributed by atoms with Crippen LogP contribution in [-0.2, 0) is 6.54 Å². The van der Waals surface area contributed by atoms with Crippen LogP contribution in [0.3, 0.4) is 0 Å². The van der Waals surface area contributed by atoms with E-state index in [1.54, 1.807) is 0 Å². The monoisotopic (exact) mass is 232 g/mol. The summed E-state index contributed by atoms with van der Waals surface area (Å²) >= 11 is 0. The summed E-state index contributed by atoms with van der Waals surface area (Å²) in [4.78, 5) is 2.55. The number of likely N-dealkylation sites (tertiary alicyclic amines) is 1. The van der Waals surface area contributed by atoms with Gasteiger partial charge in [0.05, 0.1) is 0 Å². The van der Waals surface area contributed by atoms with Crippen molar-refractivity contribution in [1.82, 2.24) is 10.2 Å². The predicted molar refractivity (Wildman–Crippen MR) is 73.3 cm³/mol. The van der Waals surface area contributed by atoms with E-state index in [1.165, 1.54) is 49.2 Å². The van der Waals surface area contributed by atoms with Gasteiger partial charge in [0.15, 0.2) is 0 Å². The second kappa shape index (κ2) is 6.18. The zero-order chi connectivity index (χ0) is 12.1. The first-order valence-electron chi connectivity index (χ1n) is 6.75. The number of nitrogens with one attached hydrogen (secondary N) is 1. The molecular formula is C15H24N2. The van der Waals surface area contributed by atoms with Gasteiger partial charge in [-0.15, -0.1) is 0 Å². The Labute approximate surface area is 105 Å². The number of hydrogen-bond acceptors (Lipinski definition) is 2. The minimum atomic E-state index is 0.995. The Bertz CT molecular complexity index is 354. The smallest absolute Gasteiger partial charge is 0.0206 e. The van der Waals surface area contributed by atoms with E-state index < -0.39 is 0 Å². The van der Waals surface area contributed by atoms with Crippen molar-refractivity contribution in [2.24, 2.45) is 0 Å². The lowest BCUT2D eigenvalue weighted by atomic mass is 10.1. The fourth-order valence-electron chi connectivity index (χ4n) is 2.39. The molecule has 0 aliphatic carbocycles. The lowest BCUT2D eigenvalue weighted by Gasteiger charge is -2.14. The number of nitrogens with zero attached hydrogens (tertiary/aromatic N) is 1. The number of benzene rings is 1. The number of hydrogen-bond donors (Lipinski definition) is 1. The van der Waals surface area contributed by atoms with Gasteiger partial charge in [0.1, 0.15) is 0 Å². The highest BCUT2D eigenvalue weighted by atomic mass is 15.1. The normalized spacial score (nSPS) is 16.6. The molecule has 0 atom stereocenters. The summed E-state index contributed by atoms with van der Waals surface area (Å²) in [6.07, 6.45) is 2.77. The van der Waals surface area contributed by atoms with Crippen LogP contribution in [-0.4, -0.2) is 31.1 Å². The molecule has 1 aromatic carbocycles. The minimum absolute atomic E-state index is 0.995. The Balaban J connectivity index is 1.68. The van der Waals surface area contributed by atoms with Gasteiger partial charge in [0, 0.05) is 19.6 Å². The van der Waals surface area contributed by atoms with Gasteiger partial charge in [0.2, 0.25) is 0 Å². The summed E-state index contributed by atoms with van der Waals surface area (Å²) in [6.45, 7) is 10.2. The Morgan fingerprint density at radius 3 is 2.59 bits per heavy atom. The van der Waals surface area contributed by atoms with Crippen LogP contribution in [0.2, 0.25) is 0 Å². The van der Waals surface area contributed by atoms with Crippen molar-refractivity contribution in [3.05, 3.63) is 34.9 Å². The van der Waals surface area contributed by atoms with Crippen LogP contribution < -0.4 is 5.32 Å². The summed E-state index contributed by atoms with van der Waals surface area (Å²) < 4.78 is 0. The van der Waals surface area contributed by atoms with Gasteiger partial charge in [-0.2, -0.15) is 0 Å². The van der Waals surface area contributed by atoms with Gasteiger partial charge >= 0.3 is 0 Å². The zero-order valence-electron chi connectivity index (χ0n) is 11.1. The van der Waals surface area contributed by atoms with Crippen LogP contribution in [0.4, 0.5) is 0 Å². The van der Waals surface area contributed by atoms with Crippen LogP contribution in [0.1, 0.15) is 29.5 Å². The van der Waals surface area contributed by atoms with Crippen molar-refractivity contribution in [1.29, 1.82) is 0 Å². The van der Waals surface area contributed by atoms with Gasteiger partial charge in [-0.1, -0.05) is 18.2 Å². The Kier molecular flexibility index (Phi) is 4.57. The molecule has 1 N–H and O–H groups in total. The fourth-order valence-corrected chi connectivity index (χ4v) is 2.39. The van der Waals surface area contributed by atoms with Gasteiger partial charge in [-0.05, 0) is 56.5 Å². The highest BCUT2D eigenvalue weighted by Crippen LogP contribution is 2.09. The third-order valence-electron chi connectivity index (χ3n) is 3.70. The standard InChI is InChI=1S/C15H24N2/c1-13-5-6-15(11-14(13)2)12-16-7-10-17-8-3-4-9-17/h5-6,11,16H,3-4,7-10,12H2,1-2H3. The Morgan fingerprint density at radius 1 is 1.12 bits per heavy atom. The first-order chi connectivity index (χ1) is 8.25. The molecule has 2 heteroatoms. The van der Waals surface area contributed by atoms with Crippen molar-refractivity contribution in [2.75, 3.05) is 26.2 Å². The van der Waals surface area contributed by atoms with Gasteiger partial charge in [-0.25, -0.2) is 0 Å². The SMILES string of the molecule is Cc1ccc(CNCCN2CCCC2)cc1C. The molecule has 1 heterocycles. The van der Waals surface area contributed by atoms with Crippen molar-refractivity contribution in [3.63, 3.8) is 0 Å². The van der Waals surface area contributed by atoms with Crippen molar-refractivity contribution in [3.8, 4) is 0 Å². The van der Waals surface area contributed by atoms with Crippen LogP contribution in [0.25, 0.3) is 0 Å². The highest BCUT2D eigenvalue weighted by Gasteiger charge is 2.09. The minimum Gasteiger partial charge on any atom is -0.311 e. The molecule has 2 nitrogen and oxygen atoms in total. The van der Waals surface area contributed by atoms with E-state index in [0.717, 1.165) is 13.1 Å². The summed E-state index contributed by atoms with van der Waals surface area (Å²) in [5.41, 5.74) is 4.17. The van der Waals surface area contributed by atoms with Crippen LogP contribution >= 0.6 is 0 Å². The van der Waals surface area contributed by atoms with Crippen LogP contribution in [0.5, 0.6) is 0 Å². The molecule has 0 unspecified atom stereocenters. The summed E-state index contributed by atoms with van der Waals surface area (Å²) in [5, 5.41) is 3.53. The molecule has 1 aliphatic heterocycles. The third kappa shape index (κ3) is 3.83. The lowest BCUT2D eigenvalue weighted by Crippen LogP contribution is -2.29. The van der Waals surface area contributed by atoms with E-state index in [1.807, 2.05) is 0 Å². The quantitative estimate of drug-likeness (QED) is 0.785. The van der Waals surface area contributed by atoms with Gasteiger partial charge in [0.25, 0.3) is 0 Å². The summed E-state index contributed by atoms with van der Waals surface area (Å²) in [6, 6.07) is 6.73. The fraction of sp³-hybridized carbons (Fsp3) is 0.600. The molecule has 0 bridgehead atoms. The van der Waals surface area contributed by atoms with Crippen LogP contribution in [0.15, 0.2) is 18.2 Å². The molecule has 0 aromatic heterocycles. The molecule has 0 saturated carbocycles. The Morgan fingerprint density at radius 2 is 1.88 bits per heavy atom. The molecule has 0 amide bonds. The van der Waals surface area contributed by atoms with E-state index in [-0.39, 0.29) is 0 Å². The second-order valence-electron chi connectivity index (χ2n) is 5.14. The maximum absolute atomic E-state index is 3.53. The van der Waals surface area contributed by atoms with Crippen molar-refractivity contribution < 1.29 is 0 Å². The first-order valence-corrected chi connectivity index (χ1v) is 6.75. The van der Waals surface area contributed by atoms with E-state index in [2.05, 4.69) is 42.3 Å². The predicted octanol–water partition coefficient (Wildman–Crippen LogP) is 2.49. The van der Waals surface area contributed by atoms with Crippen molar-refractivity contribution >= 4 is 0 Å². The zero-order valence-corrected chi connectivity index (χ0v) is 11.1. The first kappa shape index (κ1) is 12.6. The molecule has 0 radical (unpaired) electrons. The molecule has 1 aliphatic rings. The third-order valence-corrected chi connectivity index (χ3v) is 3.70. The average molecular weight is 232 g/mol.